The van der Waals surface area contributed by atoms with Crippen LogP contribution in [0.5, 0.6) is 0 Å². The van der Waals surface area contributed by atoms with Crippen molar-refractivity contribution in [3.8, 4) is 0 Å². The molecule has 7 rings (SSSR count). The zero-order valence-corrected chi connectivity index (χ0v) is 20.9. The van der Waals surface area contributed by atoms with Crippen molar-refractivity contribution in [3.63, 3.8) is 0 Å². The highest BCUT2D eigenvalue weighted by molar-refractivity contribution is 5.82. The van der Waals surface area contributed by atoms with Gasteiger partial charge in [0, 0.05) is 23.8 Å². The van der Waals surface area contributed by atoms with Gasteiger partial charge in [0.1, 0.15) is 6.10 Å². The van der Waals surface area contributed by atoms with Gasteiger partial charge in [-0.3, -0.25) is 4.98 Å². The van der Waals surface area contributed by atoms with Gasteiger partial charge in [0.15, 0.2) is 0 Å². The molecule has 2 saturated carbocycles. The van der Waals surface area contributed by atoms with Gasteiger partial charge in [-0.05, 0) is 104 Å². The predicted octanol–water partition coefficient (Wildman–Crippen LogP) is 4.35. The average Bonchev–Trinajstić information content (AvgIpc) is 3.37. The van der Waals surface area contributed by atoms with Crippen LogP contribution in [0.1, 0.15) is 56.9 Å². The molecule has 2 N–H and O–H groups in total. The summed E-state index contributed by atoms with van der Waals surface area (Å²) in [5.41, 5.74) is 2.97. The van der Waals surface area contributed by atoms with Crippen molar-refractivity contribution in [1.82, 2.24) is 9.88 Å². The Labute approximate surface area is 207 Å². The van der Waals surface area contributed by atoms with Gasteiger partial charge in [-0.15, -0.1) is 0 Å². The first-order valence-corrected chi connectivity index (χ1v) is 13.3. The molecule has 35 heavy (non-hydrogen) atoms. The van der Waals surface area contributed by atoms with E-state index in [1.165, 1.54) is 28.3 Å². The van der Waals surface area contributed by atoms with E-state index in [2.05, 4.69) is 48.3 Å². The lowest BCUT2D eigenvalue weighted by Crippen LogP contribution is -2.61. The highest BCUT2D eigenvalue weighted by Gasteiger charge is 2.68. The van der Waals surface area contributed by atoms with Crippen LogP contribution in [0.15, 0.2) is 60.0 Å². The smallest absolute Gasteiger partial charge is 0.105 e. The van der Waals surface area contributed by atoms with Crippen molar-refractivity contribution in [2.75, 3.05) is 14.1 Å². The average molecular weight is 473 g/mol. The Morgan fingerprint density at radius 3 is 2.77 bits per heavy atom. The molecule has 2 spiro atoms. The molecule has 0 amide bonds. The van der Waals surface area contributed by atoms with Crippen molar-refractivity contribution in [1.29, 1.82) is 0 Å². The molecule has 1 aromatic heterocycles. The van der Waals surface area contributed by atoms with Crippen molar-refractivity contribution in [2.45, 2.75) is 80.8 Å². The van der Waals surface area contributed by atoms with E-state index in [4.69, 9.17) is 4.74 Å². The molecule has 8 atom stereocenters. The maximum atomic E-state index is 11.2. The van der Waals surface area contributed by atoms with E-state index in [-0.39, 0.29) is 17.1 Å². The number of ether oxygens (including phenoxy) is 1. The van der Waals surface area contributed by atoms with Crippen LogP contribution in [0, 0.1) is 11.3 Å². The lowest BCUT2D eigenvalue weighted by atomic mass is 9.58. The minimum absolute atomic E-state index is 0.111. The van der Waals surface area contributed by atoms with E-state index in [0.29, 0.717) is 11.8 Å². The number of pyridine rings is 1. The van der Waals surface area contributed by atoms with Crippen molar-refractivity contribution < 1.29 is 14.9 Å². The number of aromatic nitrogens is 1. The Balaban J connectivity index is 1.29. The number of rotatable bonds is 2. The summed E-state index contributed by atoms with van der Waals surface area (Å²) in [5, 5.41) is 24.5. The molecule has 5 nitrogen and oxygen atoms in total. The number of nitrogens with zero attached hydrogens (tertiary/aromatic N) is 2. The summed E-state index contributed by atoms with van der Waals surface area (Å²) >= 11 is 0. The summed E-state index contributed by atoms with van der Waals surface area (Å²) in [7, 11) is 3.98. The number of aliphatic hydroxyl groups is 2. The Morgan fingerprint density at radius 2 is 1.94 bits per heavy atom. The van der Waals surface area contributed by atoms with Gasteiger partial charge in [0.05, 0.1) is 17.3 Å². The summed E-state index contributed by atoms with van der Waals surface area (Å²) in [4.78, 5) is 6.40. The van der Waals surface area contributed by atoms with E-state index in [0.717, 1.165) is 37.7 Å². The summed E-state index contributed by atoms with van der Waals surface area (Å²) in [6.45, 7) is 2.49. The molecule has 1 saturated heterocycles. The predicted molar refractivity (Wildman–Crippen MR) is 136 cm³/mol. The third-order valence-electron chi connectivity index (χ3n) is 10.6. The van der Waals surface area contributed by atoms with Crippen molar-refractivity contribution in [2.24, 2.45) is 11.3 Å². The minimum Gasteiger partial charge on any atom is -0.388 e. The van der Waals surface area contributed by atoms with Crippen LogP contribution in [0.3, 0.4) is 0 Å². The Bertz CT molecular complexity index is 1270. The lowest BCUT2D eigenvalue weighted by Gasteiger charge is -2.56. The van der Waals surface area contributed by atoms with Crippen LogP contribution in [-0.2, 0) is 4.74 Å². The van der Waals surface area contributed by atoms with Gasteiger partial charge in [-0.25, -0.2) is 0 Å². The largest absolute Gasteiger partial charge is 0.388 e. The molecule has 0 radical (unpaired) electrons. The van der Waals surface area contributed by atoms with Crippen LogP contribution in [0.2, 0.25) is 0 Å². The quantitative estimate of drug-likeness (QED) is 0.680. The van der Waals surface area contributed by atoms with E-state index < -0.39 is 17.8 Å². The first kappa shape index (κ1) is 22.2. The van der Waals surface area contributed by atoms with Crippen LogP contribution >= 0.6 is 0 Å². The van der Waals surface area contributed by atoms with Crippen LogP contribution in [0.25, 0.3) is 10.8 Å². The first-order valence-electron chi connectivity index (χ1n) is 13.3. The van der Waals surface area contributed by atoms with Gasteiger partial charge in [0.2, 0.25) is 0 Å². The van der Waals surface area contributed by atoms with Gasteiger partial charge in [-0.2, -0.15) is 0 Å². The number of aliphatic hydroxyl groups excluding tert-OH is 2. The van der Waals surface area contributed by atoms with E-state index in [1.54, 1.807) is 0 Å². The van der Waals surface area contributed by atoms with E-state index in [1.807, 2.05) is 31.4 Å². The minimum atomic E-state index is -0.871. The molecule has 1 unspecified atom stereocenters. The lowest BCUT2D eigenvalue weighted by molar-refractivity contribution is -0.165. The molecule has 5 heteroatoms. The molecule has 1 aromatic carbocycles. The van der Waals surface area contributed by atoms with E-state index in [9.17, 15) is 10.2 Å². The normalized spacial score (nSPS) is 44.0. The van der Waals surface area contributed by atoms with E-state index >= 15 is 0 Å². The van der Waals surface area contributed by atoms with Gasteiger partial charge >= 0.3 is 0 Å². The van der Waals surface area contributed by atoms with Crippen LogP contribution in [-0.4, -0.2) is 63.6 Å². The molecular weight excluding hydrogens is 436 g/mol. The number of hydrogen-bond donors (Lipinski definition) is 2. The molecule has 2 aromatic rings. The first-order chi connectivity index (χ1) is 16.8. The molecule has 3 fully saturated rings. The fourth-order valence-electron chi connectivity index (χ4n) is 8.79. The molecular formula is C30H36N2O3. The highest BCUT2D eigenvalue weighted by Crippen LogP contribution is 2.69. The second-order valence-corrected chi connectivity index (χ2v) is 12.3. The number of benzene rings is 1. The highest BCUT2D eigenvalue weighted by atomic mass is 16.5. The standard InChI is InChI=1S/C30H36N2O3/c1-28-10-8-21-15-23-26(33)27(34)24(32(2)3)16-29(23)11-12-30(21,35-29)25(28)7-6-22(28)19-5-4-18-9-13-31-17-20(18)14-19/h4-5,8-9,13-15,17,22,24-27,33-34H,6-7,10-12,16H2,1-3H3/t22-,24+,25-,26-,27-,28-,29-,30?/m1/s1. The van der Waals surface area contributed by atoms with Crippen molar-refractivity contribution >= 4 is 10.8 Å². The van der Waals surface area contributed by atoms with Crippen LogP contribution in [0.4, 0.5) is 0 Å². The fraction of sp³-hybridized carbons (Fsp3) is 0.567. The Hall–Kier alpha value is -2.05. The molecule has 184 valence electrons. The zero-order chi connectivity index (χ0) is 24.2. The SMILES string of the molecule is CN(C)[C@H]1C[C@@]23CCC4(O2)C(=CC[C@]2(C)[C@@H](c5ccc6ccncc6c5)CC[C@@H]42)C=C3[C@@H](O)[C@@H]1O. The molecule has 3 aliphatic carbocycles. The van der Waals surface area contributed by atoms with Gasteiger partial charge < -0.3 is 19.8 Å². The molecule has 5 aliphatic rings. The maximum Gasteiger partial charge on any atom is 0.105 e. The summed E-state index contributed by atoms with van der Waals surface area (Å²) in [6, 6.07) is 8.90. The summed E-state index contributed by atoms with van der Waals surface area (Å²) in [6.07, 6.45) is 12.8. The fourth-order valence-corrected chi connectivity index (χ4v) is 8.79. The Morgan fingerprint density at radius 1 is 1.09 bits per heavy atom. The third-order valence-corrected chi connectivity index (χ3v) is 10.6. The van der Waals surface area contributed by atoms with Gasteiger partial charge in [0.25, 0.3) is 0 Å². The molecule has 2 aliphatic heterocycles. The third kappa shape index (κ3) is 2.81. The number of hydrogen-bond acceptors (Lipinski definition) is 5. The van der Waals surface area contributed by atoms with Crippen molar-refractivity contribution in [3.05, 3.63) is 65.5 Å². The second kappa shape index (κ2) is 7.25. The molecule has 3 heterocycles. The second-order valence-electron chi connectivity index (χ2n) is 12.3. The number of allylic oxidation sites excluding steroid dienone is 1. The van der Waals surface area contributed by atoms with Gasteiger partial charge in [-0.1, -0.05) is 31.2 Å². The monoisotopic (exact) mass is 472 g/mol. The summed E-state index contributed by atoms with van der Waals surface area (Å²) < 4.78 is 7.27. The summed E-state index contributed by atoms with van der Waals surface area (Å²) in [5.74, 6) is 0.937. The maximum absolute atomic E-state index is 11.2. The zero-order valence-electron chi connectivity index (χ0n) is 20.9. The Kier molecular flexibility index (Phi) is 4.60. The number of fused-ring (bicyclic) bond motifs is 2. The number of likely N-dealkylation sites (N-methyl/N-ethyl adjacent to an activating group) is 1. The topological polar surface area (TPSA) is 65.8 Å². The molecule has 2 bridgehead atoms. The van der Waals surface area contributed by atoms with Crippen LogP contribution < -0.4 is 0 Å².